The van der Waals surface area contributed by atoms with E-state index in [1.165, 1.54) is 19.3 Å². The number of amides is 2. The standard InChI is InChI=1S/C20H31N3O2/c1-3-14-21-19(24)15-22(2)16-20(25)23(17-10-6-4-7-11-17)18-12-8-5-9-13-18/h4,6-7,10-11,18H,3,5,8-9,12-16H2,1-2H3,(H,21,24). The minimum atomic E-state index is -0.0268. The molecule has 0 heterocycles. The number of hydrogen-bond donors (Lipinski definition) is 1. The first kappa shape index (κ1) is 19.4. The van der Waals surface area contributed by atoms with Crippen LogP contribution in [0.4, 0.5) is 5.69 Å². The summed E-state index contributed by atoms with van der Waals surface area (Å²) in [7, 11) is 1.83. The molecule has 0 spiro atoms. The van der Waals surface area contributed by atoms with Crippen LogP contribution in [0, 0.1) is 0 Å². The van der Waals surface area contributed by atoms with Gasteiger partial charge >= 0.3 is 0 Å². The van der Waals surface area contributed by atoms with E-state index in [1.54, 1.807) is 4.90 Å². The smallest absolute Gasteiger partial charge is 0.241 e. The van der Waals surface area contributed by atoms with Gasteiger partial charge in [0, 0.05) is 18.3 Å². The van der Waals surface area contributed by atoms with Crippen molar-refractivity contribution in [2.24, 2.45) is 0 Å². The first-order chi connectivity index (χ1) is 12.1. The number of rotatable bonds is 8. The molecule has 0 unspecified atom stereocenters. The Morgan fingerprint density at radius 2 is 1.76 bits per heavy atom. The average molecular weight is 345 g/mol. The fourth-order valence-corrected chi connectivity index (χ4v) is 3.41. The van der Waals surface area contributed by atoms with Crippen LogP contribution in [-0.2, 0) is 9.59 Å². The van der Waals surface area contributed by atoms with Gasteiger partial charge in [0.05, 0.1) is 13.1 Å². The molecule has 0 radical (unpaired) electrons. The van der Waals surface area contributed by atoms with Gasteiger partial charge < -0.3 is 10.2 Å². The number of hydrogen-bond acceptors (Lipinski definition) is 3. The van der Waals surface area contributed by atoms with Gasteiger partial charge in [-0.05, 0) is 38.4 Å². The van der Waals surface area contributed by atoms with Gasteiger partial charge in [0.15, 0.2) is 0 Å². The summed E-state index contributed by atoms with van der Waals surface area (Å²) in [5.41, 5.74) is 0.961. The Kier molecular flexibility index (Phi) is 7.92. The summed E-state index contributed by atoms with van der Waals surface area (Å²) >= 11 is 0. The van der Waals surface area contributed by atoms with Gasteiger partial charge in [-0.15, -0.1) is 0 Å². The molecule has 0 atom stereocenters. The normalized spacial score (nSPS) is 15.2. The highest BCUT2D eigenvalue weighted by atomic mass is 16.2. The second-order valence-corrected chi connectivity index (χ2v) is 6.91. The van der Waals surface area contributed by atoms with E-state index in [0.29, 0.717) is 6.54 Å². The van der Waals surface area contributed by atoms with E-state index < -0.39 is 0 Å². The monoisotopic (exact) mass is 345 g/mol. The number of likely N-dealkylation sites (N-methyl/N-ethyl adjacent to an activating group) is 1. The number of anilines is 1. The van der Waals surface area contributed by atoms with Crippen molar-refractivity contribution >= 4 is 17.5 Å². The largest absolute Gasteiger partial charge is 0.355 e. The van der Waals surface area contributed by atoms with Crippen molar-refractivity contribution in [1.82, 2.24) is 10.2 Å². The minimum Gasteiger partial charge on any atom is -0.355 e. The van der Waals surface area contributed by atoms with Crippen LogP contribution in [0.15, 0.2) is 30.3 Å². The zero-order valence-corrected chi connectivity index (χ0v) is 15.5. The zero-order chi connectivity index (χ0) is 18.1. The molecule has 5 nitrogen and oxygen atoms in total. The summed E-state index contributed by atoms with van der Waals surface area (Å²) < 4.78 is 0. The van der Waals surface area contributed by atoms with E-state index in [0.717, 1.165) is 24.9 Å². The summed E-state index contributed by atoms with van der Waals surface area (Å²) in [6.07, 6.45) is 6.64. The fraction of sp³-hybridized carbons (Fsp3) is 0.600. The maximum atomic E-state index is 13.0. The van der Waals surface area contributed by atoms with Crippen LogP contribution in [0.5, 0.6) is 0 Å². The molecule has 0 aliphatic heterocycles. The maximum Gasteiger partial charge on any atom is 0.241 e. The van der Waals surface area contributed by atoms with Crippen molar-refractivity contribution < 1.29 is 9.59 Å². The molecule has 1 aromatic carbocycles. The number of para-hydroxylation sites is 1. The van der Waals surface area contributed by atoms with Gasteiger partial charge in [0.1, 0.15) is 0 Å². The molecule has 25 heavy (non-hydrogen) atoms. The van der Waals surface area contributed by atoms with Crippen LogP contribution in [-0.4, -0.2) is 49.4 Å². The van der Waals surface area contributed by atoms with Crippen LogP contribution in [0.1, 0.15) is 45.4 Å². The summed E-state index contributed by atoms with van der Waals surface area (Å²) in [6.45, 7) is 3.21. The van der Waals surface area contributed by atoms with Crippen molar-refractivity contribution in [2.75, 3.05) is 31.6 Å². The Labute approximate surface area is 151 Å². The van der Waals surface area contributed by atoms with Crippen LogP contribution in [0.2, 0.25) is 0 Å². The fourth-order valence-electron chi connectivity index (χ4n) is 3.41. The van der Waals surface area contributed by atoms with Gasteiger partial charge in [0.2, 0.25) is 11.8 Å². The SMILES string of the molecule is CCCNC(=O)CN(C)CC(=O)N(c1ccccc1)C1CCCCC1. The molecule has 1 aliphatic rings. The van der Waals surface area contributed by atoms with Crippen molar-refractivity contribution in [3.8, 4) is 0 Å². The molecule has 138 valence electrons. The van der Waals surface area contributed by atoms with E-state index in [-0.39, 0.29) is 30.9 Å². The number of nitrogens with one attached hydrogen (secondary N) is 1. The van der Waals surface area contributed by atoms with E-state index >= 15 is 0 Å². The topological polar surface area (TPSA) is 52.7 Å². The van der Waals surface area contributed by atoms with Gasteiger partial charge in [-0.1, -0.05) is 44.4 Å². The second-order valence-electron chi connectivity index (χ2n) is 6.91. The lowest BCUT2D eigenvalue weighted by molar-refractivity contribution is -0.123. The van der Waals surface area contributed by atoms with Gasteiger partial charge in [-0.25, -0.2) is 0 Å². The molecular formula is C20H31N3O2. The third-order valence-corrected chi connectivity index (χ3v) is 4.63. The molecule has 2 amide bonds. The van der Waals surface area contributed by atoms with Crippen molar-refractivity contribution in [3.05, 3.63) is 30.3 Å². The predicted molar refractivity (Wildman–Crippen MR) is 102 cm³/mol. The van der Waals surface area contributed by atoms with Gasteiger partial charge in [-0.2, -0.15) is 0 Å². The Balaban J connectivity index is 2.01. The second kappa shape index (κ2) is 10.2. The lowest BCUT2D eigenvalue weighted by atomic mass is 9.93. The predicted octanol–water partition coefficient (Wildman–Crippen LogP) is 2.81. The highest BCUT2D eigenvalue weighted by molar-refractivity contribution is 5.95. The number of benzene rings is 1. The molecule has 0 bridgehead atoms. The van der Waals surface area contributed by atoms with E-state index in [1.807, 2.05) is 49.2 Å². The number of nitrogens with zero attached hydrogens (tertiary/aromatic N) is 2. The summed E-state index contributed by atoms with van der Waals surface area (Å²) in [5, 5.41) is 2.86. The van der Waals surface area contributed by atoms with E-state index in [4.69, 9.17) is 0 Å². The van der Waals surface area contributed by atoms with Crippen molar-refractivity contribution in [2.45, 2.75) is 51.5 Å². The third kappa shape index (κ3) is 6.16. The van der Waals surface area contributed by atoms with E-state index in [9.17, 15) is 9.59 Å². The first-order valence-corrected chi connectivity index (χ1v) is 9.44. The van der Waals surface area contributed by atoms with Crippen LogP contribution in [0.3, 0.4) is 0 Å². The molecule has 2 rings (SSSR count). The van der Waals surface area contributed by atoms with Gasteiger partial charge in [-0.3, -0.25) is 14.5 Å². The molecule has 1 aliphatic carbocycles. The van der Waals surface area contributed by atoms with Gasteiger partial charge in [0.25, 0.3) is 0 Å². The molecule has 1 aromatic rings. The summed E-state index contributed by atoms with van der Waals surface area (Å²) in [5.74, 6) is 0.0463. The quantitative estimate of drug-likeness (QED) is 0.788. The van der Waals surface area contributed by atoms with Crippen molar-refractivity contribution in [1.29, 1.82) is 0 Å². The van der Waals surface area contributed by atoms with Crippen LogP contribution < -0.4 is 10.2 Å². The number of carbonyl (C=O) groups excluding carboxylic acids is 2. The minimum absolute atomic E-state index is 0.0268. The average Bonchev–Trinajstić information content (AvgIpc) is 2.62. The molecule has 0 aromatic heterocycles. The molecule has 1 fully saturated rings. The van der Waals surface area contributed by atoms with Crippen molar-refractivity contribution in [3.63, 3.8) is 0 Å². The molecule has 0 saturated heterocycles. The number of carbonyl (C=O) groups is 2. The van der Waals surface area contributed by atoms with Crippen LogP contribution in [0.25, 0.3) is 0 Å². The zero-order valence-electron chi connectivity index (χ0n) is 15.5. The Morgan fingerprint density at radius 3 is 2.40 bits per heavy atom. The molecular weight excluding hydrogens is 314 g/mol. The van der Waals surface area contributed by atoms with Crippen LogP contribution >= 0.6 is 0 Å². The Morgan fingerprint density at radius 1 is 1.08 bits per heavy atom. The van der Waals surface area contributed by atoms with E-state index in [2.05, 4.69) is 5.32 Å². The molecule has 5 heteroatoms. The highest BCUT2D eigenvalue weighted by Crippen LogP contribution is 2.27. The third-order valence-electron chi connectivity index (χ3n) is 4.63. The highest BCUT2D eigenvalue weighted by Gasteiger charge is 2.27. The maximum absolute atomic E-state index is 13.0. The first-order valence-electron chi connectivity index (χ1n) is 9.44. The molecule has 1 saturated carbocycles. The lowest BCUT2D eigenvalue weighted by Gasteiger charge is -2.35. The lowest BCUT2D eigenvalue weighted by Crippen LogP contribution is -2.47. The summed E-state index contributed by atoms with van der Waals surface area (Å²) in [4.78, 5) is 28.6. The Bertz CT molecular complexity index is 541. The Hall–Kier alpha value is -1.88. The molecule has 1 N–H and O–H groups in total. The summed E-state index contributed by atoms with van der Waals surface area (Å²) in [6, 6.07) is 10.2.